The van der Waals surface area contributed by atoms with E-state index >= 15 is 0 Å². The third kappa shape index (κ3) is 1.87. The zero-order valence-corrected chi connectivity index (χ0v) is 7.99. The van der Waals surface area contributed by atoms with Gasteiger partial charge in [-0.15, -0.1) is 0 Å². The molecule has 0 aliphatic carbocycles. The summed E-state index contributed by atoms with van der Waals surface area (Å²) in [4.78, 5) is 24.6. The van der Waals surface area contributed by atoms with Crippen LogP contribution in [0.4, 0.5) is 0 Å². The van der Waals surface area contributed by atoms with Gasteiger partial charge in [0.2, 0.25) is 11.8 Å². The normalized spacial score (nSPS) is 27.6. The molecule has 0 aromatic heterocycles. The highest BCUT2D eigenvalue weighted by Gasteiger charge is 2.30. The molecule has 2 heterocycles. The Hall–Kier alpha value is -1.10. The Morgan fingerprint density at radius 2 is 2.14 bits per heavy atom. The van der Waals surface area contributed by atoms with Crippen molar-refractivity contribution in [1.82, 2.24) is 10.2 Å². The van der Waals surface area contributed by atoms with Crippen molar-refractivity contribution in [2.24, 2.45) is 0 Å². The van der Waals surface area contributed by atoms with Crippen molar-refractivity contribution in [3.05, 3.63) is 0 Å². The molecule has 1 unspecified atom stereocenters. The van der Waals surface area contributed by atoms with Gasteiger partial charge in [-0.2, -0.15) is 0 Å². The zero-order valence-electron chi connectivity index (χ0n) is 7.99. The Bertz CT molecular complexity index is 248. The van der Waals surface area contributed by atoms with E-state index in [0.29, 0.717) is 6.61 Å². The lowest BCUT2D eigenvalue weighted by atomic mass is 10.2. The fraction of sp³-hybridized carbons (Fsp3) is 0.778. The molecule has 5 nitrogen and oxygen atoms in total. The van der Waals surface area contributed by atoms with E-state index in [0.717, 1.165) is 25.9 Å². The lowest BCUT2D eigenvalue weighted by molar-refractivity contribution is -0.143. The van der Waals surface area contributed by atoms with Crippen LogP contribution < -0.4 is 5.32 Å². The van der Waals surface area contributed by atoms with Gasteiger partial charge in [-0.3, -0.25) is 9.59 Å². The number of rotatable bonds is 1. The molecule has 78 valence electrons. The summed E-state index contributed by atoms with van der Waals surface area (Å²) in [5.74, 6) is -0.204. The molecule has 2 saturated heterocycles. The average molecular weight is 198 g/mol. The van der Waals surface area contributed by atoms with Gasteiger partial charge < -0.3 is 15.0 Å². The molecule has 2 fully saturated rings. The first-order valence-electron chi connectivity index (χ1n) is 4.93. The van der Waals surface area contributed by atoms with Crippen LogP contribution in [0.25, 0.3) is 0 Å². The third-order valence-corrected chi connectivity index (χ3v) is 2.57. The molecular formula is C9H14N2O3. The van der Waals surface area contributed by atoms with Crippen molar-refractivity contribution in [1.29, 1.82) is 0 Å². The van der Waals surface area contributed by atoms with Gasteiger partial charge in [0.25, 0.3) is 0 Å². The Morgan fingerprint density at radius 3 is 2.79 bits per heavy atom. The summed E-state index contributed by atoms with van der Waals surface area (Å²) in [6.07, 6.45) is 2.13. The number of nitrogens with one attached hydrogen (secondary N) is 1. The first-order valence-corrected chi connectivity index (χ1v) is 4.93. The number of carbonyl (C=O) groups is 2. The van der Waals surface area contributed by atoms with Crippen molar-refractivity contribution in [2.75, 3.05) is 26.3 Å². The van der Waals surface area contributed by atoms with E-state index in [1.54, 1.807) is 4.90 Å². The lowest BCUT2D eigenvalue weighted by Crippen LogP contribution is -2.54. The number of carbonyl (C=O) groups excluding carboxylic acids is 2. The van der Waals surface area contributed by atoms with Crippen LogP contribution in [-0.4, -0.2) is 49.1 Å². The minimum atomic E-state index is -0.464. The van der Waals surface area contributed by atoms with Crippen molar-refractivity contribution < 1.29 is 14.3 Å². The lowest BCUT2D eigenvalue weighted by Gasteiger charge is -2.26. The number of amides is 2. The van der Waals surface area contributed by atoms with Gasteiger partial charge in [-0.05, 0) is 12.8 Å². The standard InChI is InChI=1S/C9H14N2O3/c12-8-6-14-5-7(10-8)9(13)11-3-1-2-4-11/h7H,1-6H2,(H,10,12). The van der Waals surface area contributed by atoms with E-state index in [2.05, 4.69) is 5.32 Å². The quantitative estimate of drug-likeness (QED) is 0.595. The highest BCUT2D eigenvalue weighted by Crippen LogP contribution is 2.10. The van der Waals surface area contributed by atoms with Crippen LogP contribution in [0, 0.1) is 0 Å². The Balaban J connectivity index is 1.92. The second kappa shape index (κ2) is 3.96. The smallest absolute Gasteiger partial charge is 0.247 e. The van der Waals surface area contributed by atoms with Gasteiger partial charge in [0, 0.05) is 13.1 Å². The maximum atomic E-state index is 11.8. The van der Waals surface area contributed by atoms with Gasteiger partial charge in [-0.1, -0.05) is 0 Å². The van der Waals surface area contributed by atoms with Crippen LogP contribution in [0.5, 0.6) is 0 Å². The molecule has 0 saturated carbocycles. The van der Waals surface area contributed by atoms with E-state index in [1.165, 1.54) is 0 Å². The molecule has 2 aliphatic rings. The van der Waals surface area contributed by atoms with E-state index < -0.39 is 6.04 Å². The van der Waals surface area contributed by atoms with Gasteiger partial charge >= 0.3 is 0 Å². The number of nitrogens with zero attached hydrogens (tertiary/aromatic N) is 1. The first-order chi connectivity index (χ1) is 6.77. The molecule has 2 amide bonds. The molecule has 2 aliphatic heterocycles. The van der Waals surface area contributed by atoms with Crippen LogP contribution >= 0.6 is 0 Å². The molecule has 1 atom stereocenters. The molecule has 2 rings (SSSR count). The number of hydrogen-bond donors (Lipinski definition) is 1. The zero-order chi connectivity index (χ0) is 9.97. The first kappa shape index (κ1) is 9.45. The molecule has 0 radical (unpaired) electrons. The molecule has 14 heavy (non-hydrogen) atoms. The van der Waals surface area contributed by atoms with Crippen LogP contribution in [0.15, 0.2) is 0 Å². The van der Waals surface area contributed by atoms with E-state index in [4.69, 9.17) is 4.74 Å². The predicted octanol–water partition coefficient (Wildman–Crippen LogP) is -0.876. The van der Waals surface area contributed by atoms with Gasteiger partial charge in [0.1, 0.15) is 12.6 Å². The summed E-state index contributed by atoms with van der Waals surface area (Å²) in [7, 11) is 0. The number of morpholine rings is 1. The SMILES string of the molecule is O=C1COCC(C(=O)N2CCCC2)N1. The van der Waals surface area contributed by atoms with Gasteiger partial charge in [0.15, 0.2) is 0 Å². The largest absolute Gasteiger partial charge is 0.369 e. The molecule has 1 N–H and O–H groups in total. The van der Waals surface area contributed by atoms with Crippen LogP contribution in [0.2, 0.25) is 0 Å². The Kier molecular flexibility index (Phi) is 2.67. The second-order valence-electron chi connectivity index (χ2n) is 3.67. The summed E-state index contributed by atoms with van der Waals surface area (Å²) >= 11 is 0. The third-order valence-electron chi connectivity index (χ3n) is 2.57. The minimum absolute atomic E-state index is 0.00412. The van der Waals surface area contributed by atoms with Gasteiger partial charge in [-0.25, -0.2) is 0 Å². The van der Waals surface area contributed by atoms with Crippen molar-refractivity contribution in [3.8, 4) is 0 Å². The fourth-order valence-electron chi connectivity index (χ4n) is 1.84. The fourth-order valence-corrected chi connectivity index (χ4v) is 1.84. The number of ether oxygens (including phenoxy) is 1. The van der Waals surface area contributed by atoms with Crippen molar-refractivity contribution in [2.45, 2.75) is 18.9 Å². The van der Waals surface area contributed by atoms with Crippen molar-refractivity contribution in [3.63, 3.8) is 0 Å². The summed E-state index contributed by atoms with van der Waals surface area (Å²) in [6.45, 7) is 2.00. The summed E-state index contributed by atoms with van der Waals surface area (Å²) in [5.41, 5.74) is 0. The van der Waals surface area contributed by atoms with Crippen LogP contribution in [0.1, 0.15) is 12.8 Å². The topological polar surface area (TPSA) is 58.6 Å². The van der Waals surface area contributed by atoms with Gasteiger partial charge in [0.05, 0.1) is 6.61 Å². The Morgan fingerprint density at radius 1 is 1.43 bits per heavy atom. The van der Waals surface area contributed by atoms with E-state index in [9.17, 15) is 9.59 Å². The van der Waals surface area contributed by atoms with E-state index in [-0.39, 0.29) is 18.4 Å². The maximum Gasteiger partial charge on any atom is 0.247 e. The number of likely N-dealkylation sites (tertiary alicyclic amines) is 1. The van der Waals surface area contributed by atoms with E-state index in [1.807, 2.05) is 0 Å². The predicted molar refractivity (Wildman–Crippen MR) is 48.6 cm³/mol. The molecule has 0 spiro atoms. The highest BCUT2D eigenvalue weighted by molar-refractivity contribution is 5.89. The summed E-state index contributed by atoms with van der Waals surface area (Å²) < 4.78 is 5.02. The molecule has 0 aromatic carbocycles. The minimum Gasteiger partial charge on any atom is -0.369 e. The monoisotopic (exact) mass is 198 g/mol. The molecule has 0 bridgehead atoms. The Labute approximate surface area is 82.4 Å². The second-order valence-corrected chi connectivity index (χ2v) is 3.67. The summed E-state index contributed by atoms with van der Waals surface area (Å²) in [6, 6.07) is -0.464. The average Bonchev–Trinajstić information content (AvgIpc) is 2.69. The highest BCUT2D eigenvalue weighted by atomic mass is 16.5. The van der Waals surface area contributed by atoms with Crippen LogP contribution in [0.3, 0.4) is 0 Å². The molecular weight excluding hydrogens is 184 g/mol. The van der Waals surface area contributed by atoms with Crippen molar-refractivity contribution >= 4 is 11.8 Å². The molecule has 0 aromatic rings. The number of hydrogen-bond acceptors (Lipinski definition) is 3. The maximum absolute atomic E-state index is 11.8. The van der Waals surface area contributed by atoms with Crippen LogP contribution in [-0.2, 0) is 14.3 Å². The summed E-state index contributed by atoms with van der Waals surface area (Å²) in [5, 5.41) is 2.64. The molecule has 5 heteroatoms.